The number of carboxylic acids is 1. The van der Waals surface area contributed by atoms with Crippen molar-refractivity contribution < 1.29 is 23.4 Å². The van der Waals surface area contributed by atoms with Crippen molar-refractivity contribution in [2.75, 3.05) is 12.0 Å². The summed E-state index contributed by atoms with van der Waals surface area (Å²) in [5, 5.41) is 18.4. The van der Waals surface area contributed by atoms with Crippen LogP contribution in [0.15, 0.2) is 24.3 Å². The molecule has 16 heavy (non-hydrogen) atoms. The van der Waals surface area contributed by atoms with Crippen molar-refractivity contribution >= 4 is 15.8 Å². The first-order chi connectivity index (χ1) is 7.31. The number of aliphatic carboxylic acids is 1. The van der Waals surface area contributed by atoms with Gasteiger partial charge in [-0.15, -0.1) is 0 Å². The standard InChI is InChI=1S/C10H12O5S/c1-16(14,15)6-8(10(12)13)7-4-2-3-5-9(7)11/h2-5,8,11H,6H2,1H3,(H,12,13). The highest BCUT2D eigenvalue weighted by molar-refractivity contribution is 7.90. The van der Waals surface area contributed by atoms with Gasteiger partial charge >= 0.3 is 5.97 Å². The first-order valence-corrected chi connectivity index (χ1v) is 6.56. The van der Waals surface area contributed by atoms with Crippen molar-refractivity contribution in [3.8, 4) is 5.75 Å². The Balaban J connectivity index is 3.14. The molecule has 0 bridgehead atoms. The maximum Gasteiger partial charge on any atom is 0.312 e. The summed E-state index contributed by atoms with van der Waals surface area (Å²) < 4.78 is 22.2. The lowest BCUT2D eigenvalue weighted by Gasteiger charge is -2.12. The van der Waals surface area contributed by atoms with E-state index in [1.807, 2.05) is 0 Å². The zero-order valence-corrected chi connectivity index (χ0v) is 9.44. The van der Waals surface area contributed by atoms with Crippen LogP contribution in [-0.2, 0) is 14.6 Å². The van der Waals surface area contributed by atoms with Gasteiger partial charge in [-0.1, -0.05) is 18.2 Å². The molecule has 1 aromatic carbocycles. The van der Waals surface area contributed by atoms with E-state index in [9.17, 15) is 18.3 Å². The van der Waals surface area contributed by atoms with Gasteiger partial charge in [-0.2, -0.15) is 0 Å². The van der Waals surface area contributed by atoms with Crippen LogP contribution in [0.3, 0.4) is 0 Å². The van der Waals surface area contributed by atoms with Gasteiger partial charge in [0.1, 0.15) is 15.6 Å². The molecule has 0 fully saturated rings. The van der Waals surface area contributed by atoms with Crippen molar-refractivity contribution in [1.82, 2.24) is 0 Å². The van der Waals surface area contributed by atoms with Crippen LogP contribution in [0, 0.1) is 0 Å². The van der Waals surface area contributed by atoms with E-state index >= 15 is 0 Å². The molecule has 88 valence electrons. The number of para-hydroxylation sites is 1. The number of rotatable bonds is 4. The van der Waals surface area contributed by atoms with E-state index in [1.54, 1.807) is 6.07 Å². The molecule has 0 aliphatic heterocycles. The van der Waals surface area contributed by atoms with Crippen LogP contribution in [0.2, 0.25) is 0 Å². The summed E-state index contributed by atoms with van der Waals surface area (Å²) in [7, 11) is -3.43. The average molecular weight is 244 g/mol. The Kier molecular flexibility index (Phi) is 3.54. The predicted molar refractivity (Wildman–Crippen MR) is 58.2 cm³/mol. The van der Waals surface area contributed by atoms with E-state index in [1.165, 1.54) is 18.2 Å². The van der Waals surface area contributed by atoms with Gasteiger partial charge in [-0.05, 0) is 6.07 Å². The molecule has 0 aliphatic rings. The molecule has 0 saturated carbocycles. The molecule has 0 heterocycles. The summed E-state index contributed by atoms with van der Waals surface area (Å²) >= 11 is 0. The van der Waals surface area contributed by atoms with Crippen molar-refractivity contribution in [2.45, 2.75) is 5.92 Å². The lowest BCUT2D eigenvalue weighted by Crippen LogP contribution is -2.21. The molecule has 1 unspecified atom stereocenters. The summed E-state index contributed by atoms with van der Waals surface area (Å²) in [6.07, 6.45) is 0.961. The van der Waals surface area contributed by atoms with Crippen LogP contribution in [0.25, 0.3) is 0 Å². The molecule has 0 saturated heterocycles. The first kappa shape index (κ1) is 12.5. The van der Waals surface area contributed by atoms with Crippen molar-refractivity contribution in [1.29, 1.82) is 0 Å². The summed E-state index contributed by atoms with van der Waals surface area (Å²) in [4.78, 5) is 11.0. The number of carbonyl (C=O) groups is 1. The van der Waals surface area contributed by atoms with Crippen LogP contribution in [0.4, 0.5) is 0 Å². The fraction of sp³-hybridized carbons (Fsp3) is 0.300. The zero-order chi connectivity index (χ0) is 12.3. The van der Waals surface area contributed by atoms with Crippen LogP contribution in [-0.4, -0.2) is 36.6 Å². The molecule has 0 spiro atoms. The van der Waals surface area contributed by atoms with Crippen LogP contribution < -0.4 is 0 Å². The van der Waals surface area contributed by atoms with Gasteiger partial charge in [0.05, 0.1) is 11.7 Å². The molecule has 2 N–H and O–H groups in total. The van der Waals surface area contributed by atoms with E-state index in [-0.39, 0.29) is 11.3 Å². The van der Waals surface area contributed by atoms with E-state index in [4.69, 9.17) is 5.11 Å². The smallest absolute Gasteiger partial charge is 0.312 e. The van der Waals surface area contributed by atoms with Crippen LogP contribution in [0.1, 0.15) is 11.5 Å². The highest BCUT2D eigenvalue weighted by Gasteiger charge is 2.26. The number of aromatic hydroxyl groups is 1. The molecule has 0 aliphatic carbocycles. The highest BCUT2D eigenvalue weighted by Crippen LogP contribution is 2.26. The fourth-order valence-corrected chi connectivity index (χ4v) is 2.31. The van der Waals surface area contributed by atoms with Gasteiger partial charge in [0.25, 0.3) is 0 Å². The van der Waals surface area contributed by atoms with Crippen molar-refractivity contribution in [3.63, 3.8) is 0 Å². The van der Waals surface area contributed by atoms with Crippen LogP contribution in [0.5, 0.6) is 5.75 Å². The second-order valence-electron chi connectivity index (χ2n) is 3.54. The lowest BCUT2D eigenvalue weighted by molar-refractivity contribution is -0.138. The molecular weight excluding hydrogens is 232 g/mol. The fourth-order valence-electron chi connectivity index (χ4n) is 1.38. The number of hydrogen-bond donors (Lipinski definition) is 2. The van der Waals surface area contributed by atoms with E-state index < -0.39 is 27.5 Å². The Bertz CT molecular complexity index is 492. The third-order valence-corrected chi connectivity index (χ3v) is 3.02. The summed E-state index contributed by atoms with van der Waals surface area (Å²) in [5.41, 5.74) is 0.112. The third kappa shape index (κ3) is 3.23. The number of phenolic OH excluding ortho intramolecular Hbond substituents is 1. The Morgan fingerprint density at radius 2 is 1.94 bits per heavy atom. The maximum atomic E-state index is 11.1. The highest BCUT2D eigenvalue weighted by atomic mass is 32.2. The summed E-state index contributed by atoms with van der Waals surface area (Å²) in [5.74, 6) is -3.25. The van der Waals surface area contributed by atoms with E-state index in [0.717, 1.165) is 6.26 Å². The minimum absolute atomic E-state index is 0.112. The number of hydrogen-bond acceptors (Lipinski definition) is 4. The van der Waals surface area contributed by atoms with Gasteiger partial charge in [-0.3, -0.25) is 4.79 Å². The topological polar surface area (TPSA) is 91.7 Å². The molecular formula is C10H12O5S. The zero-order valence-electron chi connectivity index (χ0n) is 8.62. The van der Waals surface area contributed by atoms with Crippen molar-refractivity contribution in [3.05, 3.63) is 29.8 Å². The molecule has 1 atom stereocenters. The molecule has 0 amide bonds. The Labute approximate surface area is 93.3 Å². The number of sulfone groups is 1. The van der Waals surface area contributed by atoms with Crippen molar-refractivity contribution in [2.24, 2.45) is 0 Å². The SMILES string of the molecule is CS(=O)(=O)CC(C(=O)O)c1ccccc1O. The number of carboxylic acid groups (broad SMARTS) is 1. The van der Waals surface area contributed by atoms with Gasteiger partial charge < -0.3 is 10.2 Å². The summed E-state index contributed by atoms with van der Waals surface area (Å²) in [6.45, 7) is 0. The second-order valence-corrected chi connectivity index (χ2v) is 5.73. The van der Waals surface area contributed by atoms with Gasteiger partial charge in [0, 0.05) is 11.8 Å². The Morgan fingerprint density at radius 1 is 1.38 bits per heavy atom. The number of phenols is 1. The molecule has 6 heteroatoms. The Hall–Kier alpha value is -1.56. The van der Waals surface area contributed by atoms with Gasteiger partial charge in [-0.25, -0.2) is 8.42 Å². The minimum atomic E-state index is -3.43. The predicted octanol–water partition coefficient (Wildman–Crippen LogP) is 0.605. The molecule has 0 radical (unpaired) electrons. The normalized spacial score (nSPS) is 13.3. The quantitative estimate of drug-likeness (QED) is 0.809. The summed E-state index contributed by atoms with van der Waals surface area (Å²) in [6, 6.07) is 5.82. The van der Waals surface area contributed by atoms with E-state index in [2.05, 4.69) is 0 Å². The second kappa shape index (κ2) is 4.52. The average Bonchev–Trinajstić information content (AvgIpc) is 2.13. The lowest BCUT2D eigenvalue weighted by atomic mass is 10.0. The molecule has 1 aromatic rings. The van der Waals surface area contributed by atoms with Gasteiger partial charge in [0.2, 0.25) is 0 Å². The third-order valence-electron chi connectivity index (χ3n) is 2.08. The number of benzene rings is 1. The Morgan fingerprint density at radius 3 is 2.38 bits per heavy atom. The largest absolute Gasteiger partial charge is 0.508 e. The monoisotopic (exact) mass is 244 g/mol. The minimum Gasteiger partial charge on any atom is -0.508 e. The molecule has 5 nitrogen and oxygen atoms in total. The molecule has 1 rings (SSSR count). The maximum absolute atomic E-state index is 11.1. The van der Waals surface area contributed by atoms with Crippen LogP contribution >= 0.6 is 0 Å². The van der Waals surface area contributed by atoms with E-state index in [0.29, 0.717) is 0 Å². The molecule has 0 aromatic heterocycles. The van der Waals surface area contributed by atoms with Gasteiger partial charge in [0.15, 0.2) is 0 Å². The first-order valence-electron chi connectivity index (χ1n) is 4.49.